The van der Waals surface area contributed by atoms with Gasteiger partial charge in [-0.3, -0.25) is 4.79 Å². The van der Waals surface area contributed by atoms with Crippen molar-refractivity contribution in [1.82, 2.24) is 9.97 Å². The number of aromatic nitrogens is 2. The highest BCUT2D eigenvalue weighted by molar-refractivity contribution is 6.31. The first-order valence-corrected chi connectivity index (χ1v) is 6.14. The summed E-state index contributed by atoms with van der Waals surface area (Å²) >= 11 is 5.90. The molecule has 0 aliphatic carbocycles. The number of aromatic amines is 1. The summed E-state index contributed by atoms with van der Waals surface area (Å²) in [7, 11) is 0. The molecule has 0 aliphatic rings. The fraction of sp³-hybridized carbons (Fsp3) is 0.231. The molecule has 0 fully saturated rings. The third-order valence-corrected chi connectivity index (χ3v) is 3.16. The monoisotopic (exact) mass is 282 g/mol. The van der Waals surface area contributed by atoms with Crippen molar-refractivity contribution >= 4 is 11.6 Å². The number of nitrogens with one attached hydrogen (secondary N) is 1. The van der Waals surface area contributed by atoms with E-state index in [-0.39, 0.29) is 34.3 Å². The molecule has 0 atom stereocenters. The summed E-state index contributed by atoms with van der Waals surface area (Å²) < 4.78 is 13.6. The summed E-state index contributed by atoms with van der Waals surface area (Å²) in [5.74, 6) is -0.630. The van der Waals surface area contributed by atoms with E-state index in [1.165, 1.54) is 12.1 Å². The zero-order valence-electron chi connectivity index (χ0n) is 10.2. The Hall–Kier alpha value is -1.88. The van der Waals surface area contributed by atoms with Crippen LogP contribution >= 0.6 is 11.6 Å². The molecule has 6 heteroatoms. The number of nitrogens with zero attached hydrogens (tertiary/aromatic N) is 1. The zero-order valence-corrected chi connectivity index (χ0v) is 11.0. The first-order chi connectivity index (χ1) is 9.02. The van der Waals surface area contributed by atoms with E-state index < -0.39 is 11.4 Å². The number of aromatic hydroxyl groups is 1. The van der Waals surface area contributed by atoms with E-state index in [1.54, 1.807) is 13.0 Å². The Morgan fingerprint density at radius 3 is 2.74 bits per heavy atom. The summed E-state index contributed by atoms with van der Waals surface area (Å²) in [5, 5.41) is 9.88. The molecule has 0 saturated carbocycles. The van der Waals surface area contributed by atoms with Gasteiger partial charge in [-0.1, -0.05) is 24.6 Å². The normalized spacial score (nSPS) is 10.7. The van der Waals surface area contributed by atoms with Crippen LogP contribution < -0.4 is 5.56 Å². The molecule has 100 valence electrons. The maximum atomic E-state index is 13.6. The standard InChI is InChI=1S/C13H12ClFN2O2/c1-2-7-12(18)16-11(17-13(7)19)6-8-9(14)4-3-5-10(8)15/h3-5H,2,6H2,1H3,(H2,16,17,18,19). The second-order valence-electron chi connectivity index (χ2n) is 4.05. The maximum Gasteiger partial charge on any atom is 0.257 e. The summed E-state index contributed by atoms with van der Waals surface area (Å²) in [6, 6.07) is 4.33. The van der Waals surface area contributed by atoms with Crippen molar-refractivity contribution in [3.63, 3.8) is 0 Å². The Balaban J connectivity index is 2.42. The molecule has 0 radical (unpaired) electrons. The van der Waals surface area contributed by atoms with Crippen LogP contribution in [0.1, 0.15) is 23.9 Å². The van der Waals surface area contributed by atoms with Gasteiger partial charge in [0, 0.05) is 17.0 Å². The molecule has 0 saturated heterocycles. The van der Waals surface area contributed by atoms with Crippen molar-refractivity contribution in [3.8, 4) is 5.88 Å². The van der Waals surface area contributed by atoms with Gasteiger partial charge in [-0.25, -0.2) is 4.39 Å². The number of H-pyrrole nitrogens is 1. The summed E-state index contributed by atoms with van der Waals surface area (Å²) in [6.07, 6.45) is 0.382. The van der Waals surface area contributed by atoms with Crippen molar-refractivity contribution in [2.45, 2.75) is 19.8 Å². The van der Waals surface area contributed by atoms with Gasteiger partial charge < -0.3 is 10.1 Å². The lowest BCUT2D eigenvalue weighted by Crippen LogP contribution is -2.16. The van der Waals surface area contributed by atoms with E-state index >= 15 is 0 Å². The van der Waals surface area contributed by atoms with Gasteiger partial charge in [0.2, 0.25) is 5.88 Å². The Kier molecular flexibility index (Phi) is 3.85. The number of halogens is 2. The van der Waals surface area contributed by atoms with Gasteiger partial charge >= 0.3 is 0 Å². The van der Waals surface area contributed by atoms with E-state index in [2.05, 4.69) is 9.97 Å². The van der Waals surface area contributed by atoms with Crippen LogP contribution in [-0.2, 0) is 12.8 Å². The van der Waals surface area contributed by atoms with Crippen LogP contribution in [0.25, 0.3) is 0 Å². The molecular formula is C13H12ClFN2O2. The van der Waals surface area contributed by atoms with Gasteiger partial charge in [0.25, 0.3) is 5.56 Å². The lowest BCUT2D eigenvalue weighted by Gasteiger charge is -2.07. The average molecular weight is 283 g/mol. The molecule has 1 aromatic carbocycles. The molecule has 1 aromatic heterocycles. The van der Waals surface area contributed by atoms with Gasteiger partial charge in [-0.2, -0.15) is 4.98 Å². The molecule has 2 rings (SSSR count). The first kappa shape index (κ1) is 13.5. The molecule has 2 N–H and O–H groups in total. The van der Waals surface area contributed by atoms with Gasteiger partial charge in [-0.15, -0.1) is 0 Å². The molecule has 0 spiro atoms. The van der Waals surface area contributed by atoms with E-state index in [9.17, 15) is 14.3 Å². The quantitative estimate of drug-likeness (QED) is 0.908. The van der Waals surface area contributed by atoms with Crippen LogP contribution in [0.4, 0.5) is 4.39 Å². The topological polar surface area (TPSA) is 66.0 Å². The minimum atomic E-state index is -0.478. The molecule has 0 aliphatic heterocycles. The summed E-state index contributed by atoms with van der Waals surface area (Å²) in [5.41, 5.74) is 0.0248. The Morgan fingerprint density at radius 1 is 1.42 bits per heavy atom. The van der Waals surface area contributed by atoms with Crippen LogP contribution in [0.15, 0.2) is 23.0 Å². The van der Waals surface area contributed by atoms with E-state index in [4.69, 9.17) is 11.6 Å². The fourth-order valence-electron chi connectivity index (χ4n) is 1.80. The molecule has 2 aromatic rings. The SMILES string of the molecule is CCc1c(O)nc(Cc2c(F)cccc2Cl)[nH]c1=O. The van der Waals surface area contributed by atoms with Crippen molar-refractivity contribution in [2.75, 3.05) is 0 Å². The molecular weight excluding hydrogens is 271 g/mol. The van der Waals surface area contributed by atoms with E-state index in [0.29, 0.717) is 6.42 Å². The predicted molar refractivity (Wildman–Crippen MR) is 70.1 cm³/mol. The summed E-state index contributed by atoms with van der Waals surface area (Å²) in [4.78, 5) is 18.0. The Morgan fingerprint density at radius 2 is 2.16 bits per heavy atom. The number of hydrogen-bond donors (Lipinski definition) is 2. The number of hydrogen-bond acceptors (Lipinski definition) is 3. The molecule has 1 heterocycles. The molecule has 4 nitrogen and oxygen atoms in total. The maximum absolute atomic E-state index is 13.6. The third kappa shape index (κ3) is 2.76. The Labute approximate surface area is 113 Å². The molecule has 0 amide bonds. The van der Waals surface area contributed by atoms with Crippen LogP contribution in [0, 0.1) is 5.82 Å². The van der Waals surface area contributed by atoms with Gasteiger partial charge in [0.15, 0.2) is 0 Å². The Bertz CT molecular complexity index is 650. The first-order valence-electron chi connectivity index (χ1n) is 5.76. The molecule has 0 unspecified atom stereocenters. The lowest BCUT2D eigenvalue weighted by atomic mass is 10.1. The second-order valence-corrected chi connectivity index (χ2v) is 4.45. The zero-order chi connectivity index (χ0) is 14.0. The molecule has 19 heavy (non-hydrogen) atoms. The molecule has 0 bridgehead atoms. The average Bonchev–Trinajstić information content (AvgIpc) is 2.34. The highest BCUT2D eigenvalue weighted by atomic mass is 35.5. The van der Waals surface area contributed by atoms with Crippen molar-refractivity contribution in [2.24, 2.45) is 0 Å². The predicted octanol–water partition coefficient (Wildman–Crippen LogP) is 2.42. The highest BCUT2D eigenvalue weighted by Crippen LogP contribution is 2.21. The van der Waals surface area contributed by atoms with Gasteiger partial charge in [-0.05, 0) is 18.6 Å². The van der Waals surface area contributed by atoms with Gasteiger partial charge in [0.1, 0.15) is 11.6 Å². The smallest absolute Gasteiger partial charge is 0.257 e. The lowest BCUT2D eigenvalue weighted by molar-refractivity contribution is 0.440. The van der Waals surface area contributed by atoms with E-state index in [1.807, 2.05) is 0 Å². The number of benzene rings is 1. The number of rotatable bonds is 3. The van der Waals surface area contributed by atoms with Gasteiger partial charge in [0.05, 0.1) is 5.56 Å². The minimum Gasteiger partial charge on any atom is -0.493 e. The fourth-order valence-corrected chi connectivity index (χ4v) is 2.03. The third-order valence-electron chi connectivity index (χ3n) is 2.80. The van der Waals surface area contributed by atoms with Crippen molar-refractivity contribution in [3.05, 3.63) is 56.3 Å². The van der Waals surface area contributed by atoms with Crippen molar-refractivity contribution in [1.29, 1.82) is 0 Å². The highest BCUT2D eigenvalue weighted by Gasteiger charge is 2.13. The second kappa shape index (κ2) is 5.40. The van der Waals surface area contributed by atoms with Crippen LogP contribution in [0.5, 0.6) is 5.88 Å². The van der Waals surface area contributed by atoms with Crippen LogP contribution in [-0.4, -0.2) is 15.1 Å². The largest absolute Gasteiger partial charge is 0.493 e. The minimum absolute atomic E-state index is 0.0122. The van der Waals surface area contributed by atoms with Crippen LogP contribution in [0.3, 0.4) is 0 Å². The summed E-state index contributed by atoms with van der Waals surface area (Å²) in [6.45, 7) is 1.74. The van der Waals surface area contributed by atoms with Crippen LogP contribution in [0.2, 0.25) is 5.02 Å². The van der Waals surface area contributed by atoms with E-state index in [0.717, 1.165) is 0 Å². The van der Waals surface area contributed by atoms with Crippen molar-refractivity contribution < 1.29 is 9.50 Å².